The minimum absolute atomic E-state index is 0.158. The molecule has 1 heterocycles. The van der Waals surface area contributed by atoms with Crippen LogP contribution in [0.15, 0.2) is 30.3 Å². The Morgan fingerprint density at radius 3 is 2.42 bits per heavy atom. The molecule has 24 heavy (non-hydrogen) atoms. The van der Waals surface area contributed by atoms with Crippen LogP contribution in [0.5, 0.6) is 0 Å². The zero-order valence-corrected chi connectivity index (χ0v) is 15.0. The largest absolute Gasteiger partial charge is 0.379 e. The maximum absolute atomic E-state index is 12.4. The van der Waals surface area contributed by atoms with E-state index in [-0.39, 0.29) is 12.5 Å². The molecule has 0 N–H and O–H groups in total. The van der Waals surface area contributed by atoms with Gasteiger partial charge in [0.25, 0.3) is 0 Å². The van der Waals surface area contributed by atoms with Gasteiger partial charge in [-0.05, 0) is 12.1 Å². The molecule has 1 saturated heterocycles. The van der Waals surface area contributed by atoms with Crippen LogP contribution in [-0.4, -0.2) is 82.8 Å². The molecule has 1 aliphatic heterocycles. The lowest BCUT2D eigenvalue weighted by atomic mass is 10.3. The molecule has 0 bridgehead atoms. The average molecular weight is 355 g/mol. The smallest absolute Gasteiger partial charge is 0.242 e. The summed E-state index contributed by atoms with van der Waals surface area (Å²) in [6, 6.07) is 9.18. The number of hydrogen-bond donors (Lipinski definition) is 0. The van der Waals surface area contributed by atoms with Crippen LogP contribution in [0.3, 0.4) is 0 Å². The molecule has 0 spiro atoms. The Hall–Kier alpha value is -1.48. The van der Waals surface area contributed by atoms with Crippen LogP contribution in [0.4, 0.5) is 5.69 Å². The molecule has 0 unspecified atom stereocenters. The van der Waals surface area contributed by atoms with Gasteiger partial charge >= 0.3 is 0 Å². The number of carbonyl (C=O) groups excluding carboxylic acids is 1. The van der Waals surface area contributed by atoms with Gasteiger partial charge in [-0.2, -0.15) is 4.31 Å². The third-order valence-corrected chi connectivity index (χ3v) is 5.32. The van der Waals surface area contributed by atoms with Crippen LogP contribution < -0.4 is 4.90 Å². The normalized spacial score (nSPS) is 16.3. The first-order valence-corrected chi connectivity index (χ1v) is 9.79. The van der Waals surface area contributed by atoms with E-state index in [4.69, 9.17) is 4.74 Å². The van der Waals surface area contributed by atoms with Crippen LogP contribution in [-0.2, 0) is 19.6 Å². The van der Waals surface area contributed by atoms with Gasteiger partial charge in [-0.1, -0.05) is 18.2 Å². The minimum atomic E-state index is -3.45. The molecule has 0 aromatic heterocycles. The Labute approximate surface area is 143 Å². The van der Waals surface area contributed by atoms with E-state index in [0.717, 1.165) is 25.0 Å². The van der Waals surface area contributed by atoms with Crippen molar-refractivity contribution in [3.63, 3.8) is 0 Å². The van der Waals surface area contributed by atoms with E-state index >= 15 is 0 Å². The summed E-state index contributed by atoms with van der Waals surface area (Å²) in [5, 5.41) is 0. The minimum Gasteiger partial charge on any atom is -0.379 e. The zero-order valence-electron chi connectivity index (χ0n) is 14.2. The van der Waals surface area contributed by atoms with Gasteiger partial charge in [0, 0.05) is 38.9 Å². The number of amides is 1. The summed E-state index contributed by atoms with van der Waals surface area (Å²) in [6.07, 6.45) is 1.14. The van der Waals surface area contributed by atoms with Crippen LogP contribution >= 0.6 is 0 Å². The standard InChI is InChI=1S/C16H25N3O4S/c1-17(15-6-4-3-5-7-15)16(20)14-19(24(2,21)22)9-8-18-10-12-23-13-11-18/h3-7H,8-14H2,1-2H3. The third-order valence-electron chi connectivity index (χ3n) is 4.07. The summed E-state index contributed by atoms with van der Waals surface area (Å²) in [6.45, 7) is 3.63. The number of benzene rings is 1. The van der Waals surface area contributed by atoms with Crippen molar-refractivity contribution in [1.82, 2.24) is 9.21 Å². The molecule has 0 aliphatic carbocycles. The van der Waals surface area contributed by atoms with E-state index in [9.17, 15) is 13.2 Å². The molecule has 0 radical (unpaired) electrons. The Bertz CT molecular complexity index is 630. The predicted molar refractivity (Wildman–Crippen MR) is 93.5 cm³/mol. The van der Waals surface area contributed by atoms with Crippen molar-refractivity contribution < 1.29 is 17.9 Å². The van der Waals surface area contributed by atoms with E-state index in [1.807, 2.05) is 30.3 Å². The van der Waals surface area contributed by atoms with Crippen molar-refractivity contribution in [1.29, 1.82) is 0 Å². The van der Waals surface area contributed by atoms with Crippen molar-refractivity contribution in [3.8, 4) is 0 Å². The topological polar surface area (TPSA) is 70.2 Å². The molecule has 134 valence electrons. The first-order valence-electron chi connectivity index (χ1n) is 7.95. The quantitative estimate of drug-likeness (QED) is 0.701. The lowest BCUT2D eigenvalue weighted by molar-refractivity contribution is -0.118. The Morgan fingerprint density at radius 2 is 1.83 bits per heavy atom. The number of nitrogens with zero attached hydrogens (tertiary/aromatic N) is 3. The summed E-state index contributed by atoms with van der Waals surface area (Å²) in [5.74, 6) is -0.256. The van der Waals surface area contributed by atoms with Crippen LogP contribution in [0.25, 0.3) is 0 Å². The summed E-state index contributed by atoms with van der Waals surface area (Å²) < 4.78 is 30.5. The first kappa shape index (κ1) is 18.9. The Morgan fingerprint density at radius 1 is 1.21 bits per heavy atom. The summed E-state index contributed by atoms with van der Waals surface area (Å²) >= 11 is 0. The first-order chi connectivity index (χ1) is 11.4. The second kappa shape index (κ2) is 8.57. The van der Waals surface area contributed by atoms with Crippen molar-refractivity contribution in [2.45, 2.75) is 0 Å². The van der Waals surface area contributed by atoms with E-state index in [2.05, 4.69) is 4.90 Å². The summed E-state index contributed by atoms with van der Waals surface area (Å²) in [4.78, 5) is 16.1. The Balaban J connectivity index is 1.96. The second-order valence-corrected chi connectivity index (χ2v) is 7.82. The van der Waals surface area contributed by atoms with Crippen LogP contribution in [0.2, 0.25) is 0 Å². The van der Waals surface area contributed by atoms with Gasteiger partial charge in [0.05, 0.1) is 26.0 Å². The number of morpholine rings is 1. The third kappa shape index (κ3) is 5.55. The van der Waals surface area contributed by atoms with Crippen LogP contribution in [0, 0.1) is 0 Å². The lowest BCUT2D eigenvalue weighted by Gasteiger charge is -2.29. The SMILES string of the molecule is CN(C(=O)CN(CCN1CCOCC1)S(C)(=O)=O)c1ccccc1. The highest BCUT2D eigenvalue weighted by molar-refractivity contribution is 7.88. The zero-order chi connectivity index (χ0) is 17.6. The van der Waals surface area contributed by atoms with Gasteiger partial charge in [-0.25, -0.2) is 8.42 Å². The fourth-order valence-corrected chi connectivity index (χ4v) is 3.25. The van der Waals surface area contributed by atoms with Crippen LogP contribution in [0.1, 0.15) is 0 Å². The molecule has 1 aromatic carbocycles. The number of ether oxygens (including phenoxy) is 1. The monoisotopic (exact) mass is 355 g/mol. The number of rotatable bonds is 7. The van der Waals surface area contributed by atoms with E-state index in [1.54, 1.807) is 7.05 Å². The number of sulfonamides is 1. The van der Waals surface area contributed by atoms with Gasteiger partial charge in [0.1, 0.15) is 0 Å². The highest BCUT2D eigenvalue weighted by Crippen LogP contribution is 2.12. The molecule has 1 aromatic rings. The lowest BCUT2D eigenvalue weighted by Crippen LogP contribution is -2.46. The summed E-state index contributed by atoms with van der Waals surface area (Å²) in [7, 11) is -1.80. The molecule has 2 rings (SSSR count). The highest BCUT2D eigenvalue weighted by Gasteiger charge is 2.23. The molecular formula is C16H25N3O4S. The molecule has 0 atom stereocenters. The fourth-order valence-electron chi connectivity index (χ4n) is 2.49. The van der Waals surface area contributed by atoms with Gasteiger partial charge in [0.2, 0.25) is 15.9 Å². The molecule has 1 fully saturated rings. The summed E-state index contributed by atoms with van der Waals surface area (Å²) in [5.41, 5.74) is 0.740. The Kier molecular flexibility index (Phi) is 6.73. The average Bonchev–Trinajstić information content (AvgIpc) is 2.58. The predicted octanol–water partition coefficient (Wildman–Crippen LogP) is 0.243. The van der Waals surface area contributed by atoms with E-state index < -0.39 is 10.0 Å². The van der Waals surface area contributed by atoms with E-state index in [1.165, 1.54) is 9.21 Å². The number of anilines is 1. The number of hydrogen-bond acceptors (Lipinski definition) is 5. The maximum atomic E-state index is 12.4. The fraction of sp³-hybridized carbons (Fsp3) is 0.562. The number of likely N-dealkylation sites (N-methyl/N-ethyl adjacent to an activating group) is 1. The number of para-hydroxylation sites is 1. The molecule has 8 heteroatoms. The maximum Gasteiger partial charge on any atom is 0.242 e. The molecule has 0 saturated carbocycles. The van der Waals surface area contributed by atoms with Gasteiger partial charge < -0.3 is 9.64 Å². The molecular weight excluding hydrogens is 330 g/mol. The van der Waals surface area contributed by atoms with Gasteiger partial charge in [-0.15, -0.1) is 0 Å². The number of carbonyl (C=O) groups is 1. The highest BCUT2D eigenvalue weighted by atomic mass is 32.2. The van der Waals surface area contributed by atoms with Crippen molar-refractivity contribution in [3.05, 3.63) is 30.3 Å². The van der Waals surface area contributed by atoms with Crippen molar-refractivity contribution >= 4 is 21.6 Å². The molecule has 1 aliphatic rings. The molecule has 7 nitrogen and oxygen atoms in total. The van der Waals surface area contributed by atoms with Crippen molar-refractivity contribution in [2.24, 2.45) is 0 Å². The second-order valence-electron chi connectivity index (χ2n) is 5.84. The van der Waals surface area contributed by atoms with Gasteiger partial charge in [-0.3, -0.25) is 9.69 Å². The molecule has 1 amide bonds. The van der Waals surface area contributed by atoms with Crippen molar-refractivity contribution in [2.75, 3.05) is 64.1 Å². The van der Waals surface area contributed by atoms with Gasteiger partial charge in [0.15, 0.2) is 0 Å². The van der Waals surface area contributed by atoms with E-state index in [0.29, 0.717) is 26.3 Å².